The first-order valence-electron chi connectivity index (χ1n) is 8.98. The number of hydrogen-bond donors (Lipinski definition) is 7. The summed E-state index contributed by atoms with van der Waals surface area (Å²) in [4.78, 5) is 29.7. The molecular weight excluding hydrogens is 577 g/mol. The molecule has 0 atom stereocenters. The zero-order valence-electron chi connectivity index (χ0n) is 19.4. The fraction of sp³-hybridized carbons (Fsp3) is 0.667. The Morgan fingerprint density at radius 3 is 1.43 bits per heavy atom. The Morgan fingerprint density at radius 2 is 1.26 bits per heavy atom. The third kappa shape index (κ3) is 72.0. The minimum atomic E-state index is -1.25. The van der Waals surface area contributed by atoms with Crippen molar-refractivity contribution in [2.75, 3.05) is 26.6 Å². The maximum Gasteiger partial charge on any atom is 0.357 e. The number of esters is 1. The van der Waals surface area contributed by atoms with E-state index in [4.69, 9.17) is 40.8 Å². The predicted octanol–water partition coefficient (Wildman–Crippen LogP) is 1.23. The van der Waals surface area contributed by atoms with Gasteiger partial charge in [-0.15, -0.1) is 0 Å². The molecular formula is C18H39Cu2N3O12. The summed E-state index contributed by atoms with van der Waals surface area (Å²) in [5, 5.41) is 61.5. The second-order valence-corrected chi connectivity index (χ2v) is 4.76. The molecule has 0 saturated heterocycles. The summed E-state index contributed by atoms with van der Waals surface area (Å²) in [6.07, 6.45) is 2.13. The maximum absolute atomic E-state index is 10.7. The van der Waals surface area contributed by atoms with Crippen LogP contribution in [0.15, 0.2) is 15.5 Å². The third-order valence-corrected chi connectivity index (χ3v) is 1.92. The van der Waals surface area contributed by atoms with E-state index in [1.807, 2.05) is 13.8 Å². The van der Waals surface area contributed by atoms with Crippen molar-refractivity contribution in [1.29, 1.82) is 0 Å². The Labute approximate surface area is 226 Å². The smallest absolute Gasteiger partial charge is 0.357 e. The minimum Gasteiger partial charge on any atom is -0.477 e. The molecule has 0 aliphatic carbocycles. The van der Waals surface area contributed by atoms with Crippen LogP contribution in [0, 0.1) is 0 Å². The Bertz CT molecular complexity index is 547. The van der Waals surface area contributed by atoms with Gasteiger partial charge in [0, 0.05) is 47.4 Å². The van der Waals surface area contributed by atoms with Crippen molar-refractivity contribution in [2.24, 2.45) is 15.5 Å². The quantitative estimate of drug-likeness (QED) is 0.0387. The van der Waals surface area contributed by atoms with Crippen LogP contribution in [0.5, 0.6) is 0 Å². The van der Waals surface area contributed by atoms with Gasteiger partial charge >= 0.3 is 17.9 Å². The zero-order valence-corrected chi connectivity index (χ0v) is 21.3. The van der Waals surface area contributed by atoms with Gasteiger partial charge in [-0.3, -0.25) is 0 Å². The van der Waals surface area contributed by atoms with Crippen molar-refractivity contribution < 1.29 is 94.0 Å². The Hall–Kier alpha value is -2.26. The molecule has 0 amide bonds. The summed E-state index contributed by atoms with van der Waals surface area (Å²) in [5.41, 5.74) is -0.393. The van der Waals surface area contributed by atoms with Gasteiger partial charge in [-0.1, -0.05) is 36.7 Å². The molecule has 15 nitrogen and oxygen atoms in total. The normalized spacial score (nSPS) is 9.11. The van der Waals surface area contributed by atoms with Crippen molar-refractivity contribution >= 4 is 35.5 Å². The van der Waals surface area contributed by atoms with E-state index in [0.717, 1.165) is 12.8 Å². The summed E-state index contributed by atoms with van der Waals surface area (Å²) < 4.78 is 9.41. The predicted molar refractivity (Wildman–Crippen MR) is 119 cm³/mol. The molecule has 0 aromatic heterocycles. The summed E-state index contributed by atoms with van der Waals surface area (Å²) in [5.74, 6) is -3.13. The van der Waals surface area contributed by atoms with Gasteiger partial charge in [0.1, 0.15) is 0 Å². The molecule has 0 aromatic rings. The number of aliphatic hydroxyl groups is 2. The van der Waals surface area contributed by atoms with Gasteiger partial charge in [0.15, 0.2) is 24.4 Å². The molecule has 0 aromatic carbocycles. The summed E-state index contributed by atoms with van der Waals surface area (Å²) >= 11 is 0. The fourth-order valence-electron chi connectivity index (χ4n) is 0.536. The average molecular weight is 617 g/mol. The minimum absolute atomic E-state index is 0. The van der Waals surface area contributed by atoms with Crippen molar-refractivity contribution in [2.45, 2.75) is 54.9 Å². The molecule has 0 aliphatic rings. The number of aliphatic carboxylic acids is 2. The van der Waals surface area contributed by atoms with E-state index in [0.29, 0.717) is 19.4 Å². The molecule has 17 heteroatoms. The average Bonchev–Trinajstić information content (AvgIpc) is 2.76. The molecule has 220 valence electrons. The topological polar surface area (TPSA) is 248 Å². The fourth-order valence-corrected chi connectivity index (χ4v) is 0.536. The molecule has 0 fully saturated rings. The number of carbonyl (C=O) groups is 3. The number of rotatable bonds is 8. The first kappa shape index (κ1) is 53.9. The van der Waals surface area contributed by atoms with E-state index in [1.165, 1.54) is 13.8 Å². The van der Waals surface area contributed by atoms with Crippen LogP contribution in [-0.4, -0.2) is 98.2 Å². The van der Waals surface area contributed by atoms with Gasteiger partial charge in [-0.2, -0.15) is 0 Å². The number of aliphatic hydroxyl groups excluding tert-OH is 2. The number of hydrogen-bond acceptors (Lipinski definition) is 13. The molecule has 0 heterocycles. The standard InChI is InChI=1S/C7H13NO4.C3H5NO3.C3H8O.C2H3NO3.C2H6O.CH4.2Cu/c1-3-4-11-5-12-7(9)6(2)8-10;1-2(4-7)3(5)6;1-2-3-4;4-2(5)1-3-6;1-2-3;;;/h10H,3-5H2,1-2H3;7H,1H3,(H,5,6);4H,2-3H2,1H3;1,6H,(H,4,5);3H,2H2,1H3;1H4;;/b8-6+;4-2+;;3-1+;;;;. The van der Waals surface area contributed by atoms with Crippen LogP contribution in [0.2, 0.25) is 0 Å². The summed E-state index contributed by atoms with van der Waals surface area (Å²) in [6, 6.07) is 0. The monoisotopic (exact) mass is 615 g/mol. The third-order valence-electron chi connectivity index (χ3n) is 1.92. The molecule has 0 bridgehead atoms. The molecule has 2 radical (unpaired) electrons. The van der Waals surface area contributed by atoms with Crippen LogP contribution in [0.25, 0.3) is 0 Å². The van der Waals surface area contributed by atoms with Crippen molar-refractivity contribution in [3.05, 3.63) is 0 Å². The Morgan fingerprint density at radius 1 is 0.857 bits per heavy atom. The van der Waals surface area contributed by atoms with Gasteiger partial charge in [0.05, 0.1) is 6.61 Å². The zero-order chi connectivity index (χ0) is 26.4. The molecule has 0 rings (SSSR count). The number of oxime groups is 3. The van der Waals surface area contributed by atoms with Crippen molar-refractivity contribution in [3.63, 3.8) is 0 Å². The van der Waals surface area contributed by atoms with Crippen LogP contribution < -0.4 is 0 Å². The van der Waals surface area contributed by atoms with Crippen LogP contribution in [-0.2, 0) is 58.0 Å². The molecule has 0 unspecified atom stereocenters. The van der Waals surface area contributed by atoms with Gasteiger partial charge in [-0.05, 0) is 33.6 Å². The van der Waals surface area contributed by atoms with Gasteiger partial charge < -0.3 is 45.5 Å². The van der Waals surface area contributed by atoms with E-state index in [2.05, 4.69) is 20.2 Å². The van der Waals surface area contributed by atoms with E-state index in [9.17, 15) is 14.4 Å². The SMILES string of the molecule is C.C/C(=N\O)C(=O)O.CCCO.CCCOCOC(=O)/C(C)=N/O.CCO.O=C(O)/C=N/O.[Cu].[Cu]. The van der Waals surface area contributed by atoms with E-state index < -0.39 is 17.9 Å². The second kappa shape index (κ2) is 49.0. The van der Waals surface area contributed by atoms with Crippen LogP contribution >= 0.6 is 0 Å². The molecule has 35 heavy (non-hydrogen) atoms. The summed E-state index contributed by atoms with van der Waals surface area (Å²) in [7, 11) is 0. The summed E-state index contributed by atoms with van der Waals surface area (Å²) in [6.45, 7) is 9.12. The second-order valence-electron chi connectivity index (χ2n) is 4.76. The van der Waals surface area contributed by atoms with Gasteiger partial charge in [-0.25, -0.2) is 14.4 Å². The first-order valence-corrected chi connectivity index (χ1v) is 8.98. The Kier molecular flexibility index (Phi) is 75.4. The van der Waals surface area contributed by atoms with Crippen molar-refractivity contribution in [1.82, 2.24) is 0 Å². The number of carbonyl (C=O) groups excluding carboxylic acids is 1. The van der Waals surface area contributed by atoms with Gasteiger partial charge in [0.25, 0.3) is 0 Å². The molecule has 0 spiro atoms. The van der Waals surface area contributed by atoms with Crippen LogP contribution in [0.3, 0.4) is 0 Å². The van der Waals surface area contributed by atoms with Crippen LogP contribution in [0.1, 0.15) is 54.9 Å². The number of carboxylic acid groups (broad SMARTS) is 2. The largest absolute Gasteiger partial charge is 0.477 e. The van der Waals surface area contributed by atoms with Crippen LogP contribution in [0.4, 0.5) is 0 Å². The van der Waals surface area contributed by atoms with E-state index >= 15 is 0 Å². The van der Waals surface area contributed by atoms with E-state index in [1.54, 1.807) is 6.92 Å². The molecule has 7 N–H and O–H groups in total. The van der Waals surface area contributed by atoms with Gasteiger partial charge in [0.2, 0.25) is 0 Å². The maximum atomic E-state index is 10.7. The Balaban J connectivity index is -0.0000000461. The van der Waals surface area contributed by atoms with E-state index in [-0.39, 0.29) is 66.4 Å². The molecule has 0 aliphatic heterocycles. The number of nitrogens with zero attached hydrogens (tertiary/aromatic N) is 3. The number of ether oxygens (including phenoxy) is 2. The first-order chi connectivity index (χ1) is 15.0. The number of carboxylic acids is 2. The molecule has 0 saturated carbocycles. The van der Waals surface area contributed by atoms with Crippen molar-refractivity contribution in [3.8, 4) is 0 Å².